The van der Waals surface area contributed by atoms with Gasteiger partial charge in [-0.1, -0.05) is 34.5 Å². The van der Waals surface area contributed by atoms with E-state index >= 15 is 4.39 Å². The van der Waals surface area contributed by atoms with Gasteiger partial charge in [0.15, 0.2) is 27.5 Å². The van der Waals surface area contributed by atoms with Crippen molar-refractivity contribution < 1.29 is 28.1 Å². The predicted molar refractivity (Wildman–Crippen MR) is 152 cm³/mol. The van der Waals surface area contributed by atoms with Gasteiger partial charge >= 0.3 is 6.09 Å². The number of amides is 1. The maximum absolute atomic E-state index is 15.1. The first-order valence-electron chi connectivity index (χ1n) is 12.6. The third-order valence-corrected chi connectivity index (χ3v) is 7.23. The van der Waals surface area contributed by atoms with E-state index in [-0.39, 0.29) is 35.2 Å². The summed E-state index contributed by atoms with van der Waals surface area (Å²) in [5.41, 5.74) is -0.749. The quantitative estimate of drug-likeness (QED) is 0.257. The van der Waals surface area contributed by atoms with Gasteiger partial charge in [0.25, 0.3) is 0 Å². The van der Waals surface area contributed by atoms with E-state index in [0.29, 0.717) is 27.0 Å². The minimum absolute atomic E-state index is 0.0266. The minimum atomic E-state index is -0.910. The van der Waals surface area contributed by atoms with E-state index in [1.807, 2.05) is 13.8 Å². The van der Waals surface area contributed by atoms with Crippen LogP contribution in [0.5, 0.6) is 11.5 Å². The number of hydrogen-bond donors (Lipinski definition) is 0. The molecule has 0 saturated carbocycles. The number of rotatable bonds is 7. The molecule has 1 fully saturated rings. The lowest BCUT2D eigenvalue weighted by Crippen LogP contribution is -2.51. The molecule has 2 aromatic heterocycles. The fraction of sp³-hybridized carbons (Fsp3) is 0.481. The summed E-state index contributed by atoms with van der Waals surface area (Å²) >= 11 is 14.0. The van der Waals surface area contributed by atoms with Crippen molar-refractivity contribution in [2.75, 3.05) is 13.2 Å². The fourth-order valence-electron chi connectivity index (χ4n) is 3.99. The summed E-state index contributed by atoms with van der Waals surface area (Å²) in [5.74, 6) is -0.246. The summed E-state index contributed by atoms with van der Waals surface area (Å²) < 4.78 is 37.8. The van der Waals surface area contributed by atoms with Crippen molar-refractivity contribution in [3.05, 3.63) is 40.3 Å². The van der Waals surface area contributed by atoms with Crippen molar-refractivity contribution >= 4 is 40.6 Å². The van der Waals surface area contributed by atoms with Crippen molar-refractivity contribution in [1.29, 1.82) is 0 Å². The third-order valence-electron chi connectivity index (χ3n) is 5.67. The van der Waals surface area contributed by atoms with E-state index in [4.69, 9.17) is 42.1 Å². The minimum Gasteiger partial charge on any atom is -0.488 e. The molecule has 3 heterocycles. The highest BCUT2D eigenvalue weighted by Gasteiger charge is 2.46. The molecule has 9 nitrogen and oxygen atoms in total. The normalized spacial score (nSPS) is 16.9. The molecule has 1 aliphatic heterocycles. The Kier molecular flexibility index (Phi) is 8.79. The van der Waals surface area contributed by atoms with Gasteiger partial charge in [0.05, 0.1) is 23.8 Å². The van der Waals surface area contributed by atoms with E-state index in [1.54, 1.807) is 46.8 Å². The summed E-state index contributed by atoms with van der Waals surface area (Å²) in [4.78, 5) is 18.7. The number of pyridine rings is 1. The van der Waals surface area contributed by atoms with Gasteiger partial charge in [-0.05, 0) is 66.7 Å². The standard InChI is InChI=1S/C27H31Cl2FN4O5S/c1-14(2)38-20-9-8-19(31-22(20)29)24-33-32-23(40-24)16-10-18(30)21(11-17(16)28)36-12-15-13-37-27(6,7)34(15)25(35)39-26(3,4)5/h8-11,14-15H,12-13H2,1-7H3/t15-/m1/s1. The molecule has 1 atom stereocenters. The van der Waals surface area contributed by atoms with Crippen LogP contribution in [-0.4, -0.2) is 62.9 Å². The number of carbonyl (C=O) groups is 1. The van der Waals surface area contributed by atoms with Gasteiger partial charge in [-0.15, -0.1) is 10.2 Å². The predicted octanol–water partition coefficient (Wildman–Crippen LogP) is 7.25. The smallest absolute Gasteiger partial charge is 0.413 e. The monoisotopic (exact) mass is 612 g/mol. The Balaban J connectivity index is 1.49. The molecular weight excluding hydrogens is 582 g/mol. The van der Waals surface area contributed by atoms with Crippen LogP contribution in [0.4, 0.5) is 9.18 Å². The van der Waals surface area contributed by atoms with Crippen molar-refractivity contribution in [3.63, 3.8) is 0 Å². The van der Waals surface area contributed by atoms with E-state index in [0.717, 1.165) is 0 Å². The molecular formula is C27H31Cl2FN4O5S. The van der Waals surface area contributed by atoms with Gasteiger partial charge in [-0.25, -0.2) is 14.2 Å². The average molecular weight is 614 g/mol. The molecule has 40 heavy (non-hydrogen) atoms. The van der Waals surface area contributed by atoms with Gasteiger partial charge in [0.1, 0.15) is 28.6 Å². The second-order valence-electron chi connectivity index (χ2n) is 10.9. The molecule has 0 bridgehead atoms. The van der Waals surface area contributed by atoms with Gasteiger partial charge in [-0.3, -0.25) is 4.90 Å². The highest BCUT2D eigenvalue weighted by atomic mass is 35.5. The van der Waals surface area contributed by atoms with Crippen LogP contribution >= 0.6 is 34.5 Å². The molecule has 0 unspecified atom stereocenters. The van der Waals surface area contributed by atoms with Crippen LogP contribution in [0.1, 0.15) is 48.5 Å². The molecule has 0 radical (unpaired) electrons. The number of ether oxygens (including phenoxy) is 4. The fourth-order valence-corrected chi connectivity index (χ4v) is 5.33. The highest BCUT2D eigenvalue weighted by molar-refractivity contribution is 7.18. The Hall–Kier alpha value is -2.73. The van der Waals surface area contributed by atoms with Gasteiger partial charge < -0.3 is 18.9 Å². The molecule has 1 amide bonds. The van der Waals surface area contributed by atoms with Crippen molar-refractivity contribution in [1.82, 2.24) is 20.1 Å². The Morgan fingerprint density at radius 3 is 2.55 bits per heavy atom. The zero-order chi connectivity index (χ0) is 29.4. The number of nitrogens with zero attached hydrogens (tertiary/aromatic N) is 4. The Labute approximate surface area is 246 Å². The molecule has 13 heteroatoms. The van der Waals surface area contributed by atoms with Crippen molar-refractivity contribution in [2.24, 2.45) is 0 Å². The van der Waals surface area contributed by atoms with E-state index < -0.39 is 29.3 Å². The second-order valence-corrected chi connectivity index (χ2v) is 12.6. The number of aromatic nitrogens is 3. The first-order chi connectivity index (χ1) is 18.6. The summed E-state index contributed by atoms with van der Waals surface area (Å²) in [7, 11) is 0. The van der Waals surface area contributed by atoms with E-state index in [2.05, 4.69) is 15.2 Å². The van der Waals surface area contributed by atoms with Gasteiger partial charge in [0.2, 0.25) is 0 Å². The van der Waals surface area contributed by atoms with Crippen LogP contribution in [0.15, 0.2) is 24.3 Å². The zero-order valence-electron chi connectivity index (χ0n) is 23.3. The first-order valence-corrected chi connectivity index (χ1v) is 14.2. The molecule has 0 spiro atoms. The Morgan fingerprint density at radius 2 is 1.90 bits per heavy atom. The maximum atomic E-state index is 15.1. The highest BCUT2D eigenvalue weighted by Crippen LogP contribution is 2.38. The molecule has 3 aromatic rings. The lowest BCUT2D eigenvalue weighted by molar-refractivity contribution is -0.0637. The first kappa shape index (κ1) is 30.2. The van der Waals surface area contributed by atoms with Crippen LogP contribution in [0.2, 0.25) is 10.2 Å². The summed E-state index contributed by atoms with van der Waals surface area (Å²) in [6.45, 7) is 12.8. The topological polar surface area (TPSA) is 95.9 Å². The number of benzene rings is 1. The van der Waals surface area contributed by atoms with Crippen molar-refractivity contribution in [3.8, 4) is 32.8 Å². The molecule has 1 aliphatic rings. The van der Waals surface area contributed by atoms with Crippen LogP contribution in [-0.2, 0) is 9.47 Å². The molecule has 0 aliphatic carbocycles. The lowest BCUT2D eigenvalue weighted by Gasteiger charge is -2.35. The maximum Gasteiger partial charge on any atom is 0.413 e. The molecule has 4 rings (SSSR count). The Morgan fingerprint density at radius 1 is 1.20 bits per heavy atom. The number of hydrogen-bond acceptors (Lipinski definition) is 9. The largest absolute Gasteiger partial charge is 0.488 e. The Bertz CT molecular complexity index is 1400. The summed E-state index contributed by atoms with van der Waals surface area (Å²) in [6, 6.07) is 5.55. The van der Waals surface area contributed by atoms with Crippen LogP contribution in [0.25, 0.3) is 21.3 Å². The van der Waals surface area contributed by atoms with E-state index in [9.17, 15) is 4.79 Å². The van der Waals surface area contributed by atoms with E-state index in [1.165, 1.54) is 28.4 Å². The van der Waals surface area contributed by atoms with Crippen LogP contribution < -0.4 is 9.47 Å². The molecule has 216 valence electrons. The second kappa shape index (κ2) is 11.6. The van der Waals surface area contributed by atoms with Gasteiger partial charge in [0, 0.05) is 11.6 Å². The molecule has 1 saturated heterocycles. The molecule has 1 aromatic carbocycles. The van der Waals surface area contributed by atoms with Crippen LogP contribution in [0.3, 0.4) is 0 Å². The summed E-state index contributed by atoms with van der Waals surface area (Å²) in [6.07, 6.45) is -0.591. The van der Waals surface area contributed by atoms with Crippen molar-refractivity contribution in [2.45, 2.75) is 71.9 Å². The summed E-state index contributed by atoms with van der Waals surface area (Å²) in [5, 5.41) is 9.64. The van der Waals surface area contributed by atoms with Crippen LogP contribution in [0, 0.1) is 5.82 Å². The SMILES string of the molecule is CC(C)Oc1ccc(-c2nnc(-c3cc(F)c(OC[C@@H]4COC(C)(C)N4C(=O)OC(C)(C)C)cc3Cl)s2)nc1Cl. The molecule has 0 N–H and O–H groups in total. The third kappa shape index (κ3) is 6.94. The number of carbonyl (C=O) groups excluding carboxylic acids is 1. The van der Waals surface area contributed by atoms with Gasteiger partial charge in [-0.2, -0.15) is 0 Å². The zero-order valence-corrected chi connectivity index (χ0v) is 25.6. The number of halogens is 3. The average Bonchev–Trinajstić information content (AvgIpc) is 3.43. The lowest BCUT2D eigenvalue weighted by atomic mass is 10.2.